The summed E-state index contributed by atoms with van der Waals surface area (Å²) in [5.41, 5.74) is 0. The van der Waals surface area contributed by atoms with Crippen LogP contribution in [0.4, 0.5) is 6.01 Å². The van der Waals surface area contributed by atoms with Crippen LogP contribution < -0.4 is 5.32 Å². The SMILES string of the molecule is O=C(CN1CCCC1CCCO)Nc1nnc(C2CC2)o1. The lowest BCUT2D eigenvalue weighted by Crippen LogP contribution is -2.37. The van der Waals surface area contributed by atoms with E-state index in [-0.39, 0.29) is 18.5 Å². The second-order valence-electron chi connectivity index (χ2n) is 5.90. The zero-order valence-electron chi connectivity index (χ0n) is 12.1. The van der Waals surface area contributed by atoms with Crippen LogP contribution in [0, 0.1) is 0 Å². The van der Waals surface area contributed by atoms with Crippen LogP contribution in [-0.2, 0) is 4.79 Å². The Morgan fingerprint density at radius 2 is 2.24 bits per heavy atom. The maximum atomic E-state index is 12.1. The fourth-order valence-electron chi connectivity index (χ4n) is 2.88. The topological polar surface area (TPSA) is 91.5 Å². The van der Waals surface area contributed by atoms with Crippen molar-refractivity contribution in [2.75, 3.05) is 25.0 Å². The number of nitrogens with zero attached hydrogens (tertiary/aromatic N) is 3. The first-order chi connectivity index (χ1) is 10.3. The van der Waals surface area contributed by atoms with Crippen molar-refractivity contribution >= 4 is 11.9 Å². The Hall–Kier alpha value is -1.47. The van der Waals surface area contributed by atoms with Crippen molar-refractivity contribution in [3.63, 3.8) is 0 Å². The number of aromatic nitrogens is 2. The second kappa shape index (κ2) is 6.53. The van der Waals surface area contributed by atoms with Gasteiger partial charge in [-0.2, -0.15) is 0 Å². The molecule has 1 aromatic rings. The number of hydrogen-bond donors (Lipinski definition) is 2. The van der Waals surface area contributed by atoms with Gasteiger partial charge in [0.15, 0.2) is 0 Å². The molecule has 2 aliphatic rings. The van der Waals surface area contributed by atoms with Crippen LogP contribution in [-0.4, -0.2) is 51.8 Å². The number of aliphatic hydroxyl groups is 1. The van der Waals surface area contributed by atoms with Gasteiger partial charge in [-0.15, -0.1) is 5.10 Å². The van der Waals surface area contributed by atoms with Crippen molar-refractivity contribution in [2.24, 2.45) is 0 Å². The highest BCUT2D eigenvalue weighted by molar-refractivity contribution is 5.90. The third-order valence-corrected chi connectivity index (χ3v) is 4.15. The number of hydrogen-bond acceptors (Lipinski definition) is 6. The third kappa shape index (κ3) is 3.79. The molecule has 1 saturated heterocycles. The van der Waals surface area contributed by atoms with E-state index in [0.29, 0.717) is 24.4 Å². The van der Waals surface area contributed by atoms with E-state index in [9.17, 15) is 4.79 Å². The summed E-state index contributed by atoms with van der Waals surface area (Å²) in [7, 11) is 0. The number of carbonyl (C=O) groups excluding carboxylic acids is 1. The largest absolute Gasteiger partial charge is 0.408 e. The molecule has 116 valence electrons. The van der Waals surface area contributed by atoms with E-state index < -0.39 is 0 Å². The lowest BCUT2D eigenvalue weighted by atomic mass is 10.1. The van der Waals surface area contributed by atoms with Gasteiger partial charge in [0.2, 0.25) is 11.8 Å². The van der Waals surface area contributed by atoms with Crippen molar-refractivity contribution in [2.45, 2.75) is 50.5 Å². The fourth-order valence-corrected chi connectivity index (χ4v) is 2.88. The molecule has 1 unspecified atom stereocenters. The van der Waals surface area contributed by atoms with Crippen LogP contribution in [0.15, 0.2) is 4.42 Å². The Kier molecular flexibility index (Phi) is 4.50. The van der Waals surface area contributed by atoms with E-state index >= 15 is 0 Å². The van der Waals surface area contributed by atoms with Crippen LogP contribution in [0.5, 0.6) is 0 Å². The molecule has 21 heavy (non-hydrogen) atoms. The predicted octanol–water partition coefficient (Wildman–Crippen LogP) is 1.12. The molecule has 2 fully saturated rings. The Morgan fingerprint density at radius 3 is 3.00 bits per heavy atom. The standard InChI is InChI=1S/C14H22N4O3/c19-8-2-4-11-3-1-7-18(11)9-12(20)15-14-17-16-13(21-14)10-5-6-10/h10-11,19H,1-9H2,(H,15,17,20). The zero-order valence-corrected chi connectivity index (χ0v) is 12.1. The number of rotatable bonds is 7. The Bertz CT molecular complexity index is 486. The van der Waals surface area contributed by atoms with Gasteiger partial charge < -0.3 is 9.52 Å². The molecule has 2 N–H and O–H groups in total. The van der Waals surface area contributed by atoms with E-state index in [1.165, 1.54) is 0 Å². The molecular formula is C14H22N4O3. The minimum Gasteiger partial charge on any atom is -0.408 e. The number of nitrogens with one attached hydrogen (secondary N) is 1. The van der Waals surface area contributed by atoms with Crippen molar-refractivity contribution in [3.8, 4) is 0 Å². The van der Waals surface area contributed by atoms with Gasteiger partial charge in [0.25, 0.3) is 0 Å². The summed E-state index contributed by atoms with van der Waals surface area (Å²) in [5, 5.41) is 19.4. The first kappa shape index (κ1) is 14.5. The maximum Gasteiger partial charge on any atom is 0.322 e. The molecule has 3 rings (SSSR count). The molecular weight excluding hydrogens is 272 g/mol. The van der Waals surface area contributed by atoms with Gasteiger partial charge in [0.1, 0.15) is 0 Å². The van der Waals surface area contributed by atoms with E-state index in [1.54, 1.807) is 0 Å². The molecule has 0 spiro atoms. The van der Waals surface area contributed by atoms with Crippen LogP contribution in [0.2, 0.25) is 0 Å². The number of carbonyl (C=O) groups is 1. The van der Waals surface area contributed by atoms with Gasteiger partial charge in [0, 0.05) is 18.6 Å². The van der Waals surface area contributed by atoms with Gasteiger partial charge in [0.05, 0.1) is 6.54 Å². The lowest BCUT2D eigenvalue weighted by Gasteiger charge is -2.23. The molecule has 1 saturated carbocycles. The second-order valence-corrected chi connectivity index (χ2v) is 5.90. The van der Waals surface area contributed by atoms with Crippen LogP contribution in [0.3, 0.4) is 0 Å². The summed E-state index contributed by atoms with van der Waals surface area (Å²) in [4.78, 5) is 14.2. The van der Waals surface area contributed by atoms with Gasteiger partial charge in [-0.1, -0.05) is 5.10 Å². The number of anilines is 1. The summed E-state index contributed by atoms with van der Waals surface area (Å²) in [6, 6.07) is 0.598. The fraction of sp³-hybridized carbons (Fsp3) is 0.786. The van der Waals surface area contributed by atoms with E-state index in [0.717, 1.165) is 45.1 Å². The average molecular weight is 294 g/mol. The highest BCUT2D eigenvalue weighted by atomic mass is 16.4. The smallest absolute Gasteiger partial charge is 0.322 e. The summed E-state index contributed by atoms with van der Waals surface area (Å²) in [6.45, 7) is 1.49. The first-order valence-electron chi connectivity index (χ1n) is 7.74. The maximum absolute atomic E-state index is 12.1. The van der Waals surface area contributed by atoms with Gasteiger partial charge in [-0.05, 0) is 45.1 Å². The Morgan fingerprint density at radius 1 is 1.38 bits per heavy atom. The lowest BCUT2D eigenvalue weighted by molar-refractivity contribution is -0.117. The molecule has 0 aromatic carbocycles. The molecule has 2 heterocycles. The number of aliphatic hydroxyl groups excluding tert-OH is 1. The molecule has 1 atom stereocenters. The third-order valence-electron chi connectivity index (χ3n) is 4.15. The quantitative estimate of drug-likeness (QED) is 0.783. The number of amides is 1. The minimum atomic E-state index is -0.114. The van der Waals surface area contributed by atoms with E-state index in [2.05, 4.69) is 20.4 Å². The first-order valence-corrected chi connectivity index (χ1v) is 7.74. The molecule has 1 aromatic heterocycles. The van der Waals surface area contributed by atoms with Gasteiger partial charge >= 0.3 is 6.01 Å². The van der Waals surface area contributed by atoms with Crippen molar-refractivity contribution in [1.29, 1.82) is 0 Å². The van der Waals surface area contributed by atoms with Gasteiger partial charge in [-0.25, -0.2) is 0 Å². The molecule has 0 bridgehead atoms. The van der Waals surface area contributed by atoms with Crippen molar-refractivity contribution < 1.29 is 14.3 Å². The molecule has 1 aliphatic heterocycles. The summed E-state index contributed by atoms with van der Waals surface area (Å²) in [6.07, 6.45) is 6.12. The van der Waals surface area contributed by atoms with E-state index in [1.807, 2.05) is 0 Å². The monoisotopic (exact) mass is 294 g/mol. The summed E-state index contributed by atoms with van der Waals surface area (Å²) < 4.78 is 5.43. The van der Waals surface area contributed by atoms with Gasteiger partial charge in [-0.3, -0.25) is 15.0 Å². The van der Waals surface area contributed by atoms with Crippen molar-refractivity contribution in [1.82, 2.24) is 15.1 Å². The molecule has 1 amide bonds. The minimum absolute atomic E-state index is 0.114. The molecule has 1 aliphatic carbocycles. The summed E-state index contributed by atoms with van der Waals surface area (Å²) >= 11 is 0. The molecule has 7 heteroatoms. The Balaban J connectivity index is 1.48. The van der Waals surface area contributed by atoms with E-state index in [4.69, 9.17) is 9.52 Å². The predicted molar refractivity (Wildman–Crippen MR) is 75.8 cm³/mol. The normalized spacial score (nSPS) is 22.6. The van der Waals surface area contributed by atoms with Crippen molar-refractivity contribution in [3.05, 3.63) is 5.89 Å². The highest BCUT2D eigenvalue weighted by Gasteiger charge is 2.30. The number of likely N-dealkylation sites (tertiary alicyclic amines) is 1. The zero-order chi connectivity index (χ0) is 14.7. The highest BCUT2D eigenvalue weighted by Crippen LogP contribution is 2.39. The van der Waals surface area contributed by atoms with Crippen LogP contribution in [0.25, 0.3) is 0 Å². The Labute approximate surface area is 123 Å². The molecule has 0 radical (unpaired) electrons. The average Bonchev–Trinajstić information content (AvgIpc) is 3.07. The summed E-state index contributed by atoms with van der Waals surface area (Å²) in [5.74, 6) is 0.911. The van der Waals surface area contributed by atoms with Crippen LogP contribution in [0.1, 0.15) is 50.3 Å². The molecule has 7 nitrogen and oxygen atoms in total. The van der Waals surface area contributed by atoms with Crippen LogP contribution >= 0.6 is 0 Å².